The Balaban J connectivity index is 1.77. The molecule has 3 rings (SSSR count). The van der Waals surface area contributed by atoms with Crippen LogP contribution in [0.2, 0.25) is 0 Å². The van der Waals surface area contributed by atoms with Crippen LogP contribution >= 0.6 is 0 Å². The average molecular weight is 380 g/mol. The summed E-state index contributed by atoms with van der Waals surface area (Å²) in [6.45, 7) is 5.35. The molecule has 0 radical (unpaired) electrons. The third-order valence-corrected chi connectivity index (χ3v) is 4.62. The van der Waals surface area contributed by atoms with Crippen molar-refractivity contribution in [2.45, 2.75) is 20.8 Å². The molecule has 0 aliphatic heterocycles. The fourth-order valence-electron chi connectivity index (χ4n) is 3.23. The summed E-state index contributed by atoms with van der Waals surface area (Å²) in [6, 6.07) is 13.1. The highest BCUT2D eigenvalue weighted by Crippen LogP contribution is 2.23. The number of carbonyl (C=O) groups is 2. The maximum absolute atomic E-state index is 13.1. The average Bonchev–Trinajstić information content (AvgIpc) is 2.68. The number of pyridine rings is 1. The number of nitrogens with zero attached hydrogens (tertiary/aromatic N) is 2. The van der Waals surface area contributed by atoms with Gasteiger partial charge in [0, 0.05) is 17.6 Å². The van der Waals surface area contributed by atoms with Crippen LogP contribution in [-0.4, -0.2) is 30.0 Å². The fraction of sp³-hybridized carbons (Fsp3) is 0.227. The van der Waals surface area contributed by atoms with E-state index in [1.165, 1.54) is 29.2 Å². The van der Waals surface area contributed by atoms with E-state index >= 15 is 0 Å². The van der Waals surface area contributed by atoms with Crippen molar-refractivity contribution in [1.29, 1.82) is 0 Å². The van der Waals surface area contributed by atoms with E-state index in [-0.39, 0.29) is 11.7 Å². The molecule has 0 aliphatic carbocycles. The fourth-order valence-corrected chi connectivity index (χ4v) is 3.23. The first-order chi connectivity index (χ1) is 13.4. The van der Waals surface area contributed by atoms with Crippen molar-refractivity contribution in [2.24, 2.45) is 0 Å². The van der Waals surface area contributed by atoms with Crippen LogP contribution in [0.4, 0.5) is 10.1 Å². The molecule has 1 aromatic heterocycles. The van der Waals surface area contributed by atoms with Gasteiger partial charge in [-0.15, -0.1) is 0 Å². The van der Waals surface area contributed by atoms with Gasteiger partial charge in [0.2, 0.25) is 0 Å². The van der Waals surface area contributed by atoms with Crippen LogP contribution in [-0.2, 0) is 9.53 Å². The van der Waals surface area contributed by atoms with E-state index in [4.69, 9.17) is 4.74 Å². The van der Waals surface area contributed by atoms with Gasteiger partial charge >= 0.3 is 5.97 Å². The Morgan fingerprint density at radius 1 is 1.07 bits per heavy atom. The zero-order valence-corrected chi connectivity index (χ0v) is 16.0. The summed E-state index contributed by atoms with van der Waals surface area (Å²) in [4.78, 5) is 31.1. The lowest BCUT2D eigenvalue weighted by atomic mass is 10.0. The second-order valence-electron chi connectivity index (χ2n) is 6.40. The van der Waals surface area contributed by atoms with Crippen LogP contribution in [0, 0.1) is 19.7 Å². The second kappa shape index (κ2) is 8.17. The van der Waals surface area contributed by atoms with Gasteiger partial charge in [-0.25, -0.2) is 9.18 Å². The van der Waals surface area contributed by atoms with Crippen LogP contribution in [0.15, 0.2) is 48.5 Å². The summed E-state index contributed by atoms with van der Waals surface area (Å²) in [5, 5.41) is 0.868. The van der Waals surface area contributed by atoms with Crippen LogP contribution in [0.25, 0.3) is 10.9 Å². The van der Waals surface area contributed by atoms with E-state index in [0.29, 0.717) is 23.5 Å². The number of fused-ring (bicyclic) bond motifs is 1. The van der Waals surface area contributed by atoms with Gasteiger partial charge in [-0.3, -0.25) is 9.78 Å². The standard InChI is InChI=1S/C22H21FN2O3/c1-4-25(17-11-9-16(23)10-12-17)20(26)13-28-22(27)21-14(2)18-7-5-6-8-19(18)24-15(21)3/h5-12H,4,13H2,1-3H3. The summed E-state index contributed by atoms with van der Waals surface area (Å²) in [6.07, 6.45) is 0. The Morgan fingerprint density at radius 3 is 2.43 bits per heavy atom. The Hall–Kier alpha value is -3.28. The molecule has 0 fully saturated rings. The SMILES string of the molecule is CCN(C(=O)COC(=O)c1c(C)nc2ccccc2c1C)c1ccc(F)cc1. The van der Waals surface area contributed by atoms with Crippen LogP contribution in [0.5, 0.6) is 0 Å². The number of para-hydroxylation sites is 1. The molecule has 0 aliphatic rings. The number of hydrogen-bond acceptors (Lipinski definition) is 4. The van der Waals surface area contributed by atoms with Crippen LogP contribution in [0.1, 0.15) is 28.5 Å². The maximum Gasteiger partial charge on any atom is 0.340 e. The highest BCUT2D eigenvalue weighted by Gasteiger charge is 2.21. The molecule has 5 nitrogen and oxygen atoms in total. The molecule has 0 unspecified atom stereocenters. The Bertz CT molecular complexity index is 1030. The molecule has 0 bridgehead atoms. The van der Waals surface area contributed by atoms with Crippen molar-refractivity contribution < 1.29 is 18.7 Å². The highest BCUT2D eigenvalue weighted by atomic mass is 19.1. The van der Waals surface area contributed by atoms with E-state index in [2.05, 4.69) is 4.98 Å². The predicted octanol–water partition coefficient (Wildman–Crippen LogP) is 4.20. The lowest BCUT2D eigenvalue weighted by molar-refractivity contribution is -0.121. The van der Waals surface area contributed by atoms with E-state index in [9.17, 15) is 14.0 Å². The number of hydrogen-bond donors (Lipinski definition) is 0. The van der Waals surface area contributed by atoms with Crippen molar-refractivity contribution in [3.8, 4) is 0 Å². The summed E-state index contributed by atoms with van der Waals surface area (Å²) in [7, 11) is 0. The first-order valence-corrected chi connectivity index (χ1v) is 9.01. The molecule has 6 heteroatoms. The molecular weight excluding hydrogens is 359 g/mol. The number of carbonyl (C=O) groups excluding carboxylic acids is 2. The minimum Gasteiger partial charge on any atom is -0.452 e. The van der Waals surface area contributed by atoms with Gasteiger partial charge in [-0.05, 0) is 56.7 Å². The third kappa shape index (κ3) is 3.86. The largest absolute Gasteiger partial charge is 0.452 e. The van der Waals surface area contributed by atoms with Gasteiger partial charge in [-0.2, -0.15) is 0 Å². The zero-order valence-electron chi connectivity index (χ0n) is 16.0. The number of benzene rings is 2. The third-order valence-electron chi connectivity index (χ3n) is 4.62. The topological polar surface area (TPSA) is 59.5 Å². The zero-order chi connectivity index (χ0) is 20.3. The van der Waals surface area contributed by atoms with E-state index in [1.54, 1.807) is 13.8 Å². The summed E-state index contributed by atoms with van der Waals surface area (Å²) in [5.41, 5.74) is 3.05. The minimum atomic E-state index is -0.586. The Labute approximate surface area is 162 Å². The number of amides is 1. The van der Waals surface area contributed by atoms with Crippen molar-refractivity contribution in [2.75, 3.05) is 18.1 Å². The first kappa shape index (κ1) is 19.5. The van der Waals surface area contributed by atoms with Gasteiger partial charge in [0.05, 0.1) is 16.8 Å². The number of aryl methyl sites for hydroxylation is 2. The lowest BCUT2D eigenvalue weighted by Crippen LogP contribution is -2.34. The molecule has 1 heterocycles. The lowest BCUT2D eigenvalue weighted by Gasteiger charge is -2.21. The molecule has 1 amide bonds. The number of esters is 1. The van der Waals surface area contributed by atoms with Gasteiger partial charge < -0.3 is 9.64 Å². The Kier molecular flexibility index (Phi) is 5.68. The monoisotopic (exact) mass is 380 g/mol. The Morgan fingerprint density at radius 2 is 1.75 bits per heavy atom. The number of aromatic nitrogens is 1. The second-order valence-corrected chi connectivity index (χ2v) is 6.40. The number of anilines is 1. The van der Waals surface area contributed by atoms with Crippen molar-refractivity contribution in [1.82, 2.24) is 4.98 Å². The minimum absolute atomic E-state index is 0.372. The summed E-state index contributed by atoms with van der Waals surface area (Å²) >= 11 is 0. The molecule has 0 saturated carbocycles. The molecule has 0 spiro atoms. The smallest absolute Gasteiger partial charge is 0.340 e. The van der Waals surface area contributed by atoms with Gasteiger partial charge in [0.1, 0.15) is 5.82 Å². The number of likely N-dealkylation sites (N-methyl/N-ethyl adjacent to an activating group) is 1. The van der Waals surface area contributed by atoms with E-state index < -0.39 is 12.6 Å². The highest BCUT2D eigenvalue weighted by molar-refractivity contribution is 6.00. The maximum atomic E-state index is 13.1. The summed E-state index contributed by atoms with van der Waals surface area (Å²) in [5.74, 6) is -1.35. The molecule has 28 heavy (non-hydrogen) atoms. The van der Waals surface area contributed by atoms with Gasteiger partial charge in [-0.1, -0.05) is 18.2 Å². The van der Waals surface area contributed by atoms with E-state index in [0.717, 1.165) is 16.5 Å². The number of rotatable bonds is 5. The van der Waals surface area contributed by atoms with Gasteiger partial charge in [0.15, 0.2) is 6.61 Å². The number of ether oxygens (including phenoxy) is 1. The molecule has 3 aromatic rings. The summed E-state index contributed by atoms with van der Waals surface area (Å²) < 4.78 is 18.4. The normalized spacial score (nSPS) is 10.7. The molecule has 0 atom stereocenters. The number of halogens is 1. The quantitative estimate of drug-likeness (QED) is 0.623. The first-order valence-electron chi connectivity index (χ1n) is 9.01. The van der Waals surface area contributed by atoms with Crippen molar-refractivity contribution in [3.05, 3.63) is 71.2 Å². The predicted molar refractivity (Wildman–Crippen MR) is 106 cm³/mol. The molecule has 0 saturated heterocycles. The molecular formula is C22H21FN2O3. The van der Waals surface area contributed by atoms with Crippen molar-refractivity contribution in [3.63, 3.8) is 0 Å². The van der Waals surface area contributed by atoms with E-state index in [1.807, 2.05) is 31.2 Å². The molecule has 144 valence electrons. The molecule has 0 N–H and O–H groups in total. The van der Waals surface area contributed by atoms with Crippen molar-refractivity contribution >= 4 is 28.5 Å². The van der Waals surface area contributed by atoms with Crippen LogP contribution < -0.4 is 4.90 Å². The van der Waals surface area contributed by atoms with Crippen LogP contribution in [0.3, 0.4) is 0 Å². The molecule has 2 aromatic carbocycles. The van der Waals surface area contributed by atoms with Gasteiger partial charge in [0.25, 0.3) is 5.91 Å².